The fraction of sp³-hybridized carbons (Fsp3) is 0.350. The van der Waals surface area contributed by atoms with Crippen LogP contribution in [-0.4, -0.2) is 27.7 Å². The van der Waals surface area contributed by atoms with Crippen LogP contribution in [0.5, 0.6) is 0 Å². The number of aryl methyl sites for hydroxylation is 1. The second-order valence-electron chi connectivity index (χ2n) is 7.54. The predicted octanol–water partition coefficient (Wildman–Crippen LogP) is 3.13. The summed E-state index contributed by atoms with van der Waals surface area (Å²) in [5.41, 5.74) is 1.20. The summed E-state index contributed by atoms with van der Waals surface area (Å²) in [5.74, 6) is -2.24. The molecule has 0 aliphatic carbocycles. The van der Waals surface area contributed by atoms with E-state index in [4.69, 9.17) is 0 Å². The maximum absolute atomic E-state index is 13.4. The molecule has 0 saturated heterocycles. The lowest BCUT2D eigenvalue weighted by Crippen LogP contribution is -2.44. The molecule has 144 valence electrons. The van der Waals surface area contributed by atoms with Crippen LogP contribution in [0.4, 0.5) is 10.1 Å². The summed E-state index contributed by atoms with van der Waals surface area (Å²) in [6.07, 6.45) is 0. The molecule has 1 aromatic heterocycles. The number of anilines is 1. The number of benzene rings is 1. The summed E-state index contributed by atoms with van der Waals surface area (Å²) in [4.78, 5) is 37.2. The zero-order valence-corrected chi connectivity index (χ0v) is 16.4. The van der Waals surface area contributed by atoms with Gasteiger partial charge in [0, 0.05) is 29.5 Å². The summed E-state index contributed by atoms with van der Waals surface area (Å²) in [7, 11) is 1.64. The van der Waals surface area contributed by atoms with Crippen LogP contribution in [0, 0.1) is 19.7 Å². The molecule has 0 aliphatic heterocycles. The van der Waals surface area contributed by atoms with Gasteiger partial charge >= 0.3 is 0 Å². The zero-order chi connectivity index (χ0) is 20.5. The van der Waals surface area contributed by atoms with Crippen LogP contribution < -0.4 is 10.6 Å². The molecule has 0 spiro atoms. The molecule has 1 heterocycles. The number of nitrogens with zero attached hydrogens (tertiary/aromatic N) is 1. The van der Waals surface area contributed by atoms with E-state index in [0.29, 0.717) is 16.9 Å². The number of carbonyl (C=O) groups excluding carboxylic acids is 3. The van der Waals surface area contributed by atoms with Crippen LogP contribution in [0.2, 0.25) is 0 Å². The second-order valence-corrected chi connectivity index (χ2v) is 7.54. The van der Waals surface area contributed by atoms with E-state index in [1.165, 1.54) is 24.3 Å². The second kappa shape index (κ2) is 7.34. The summed E-state index contributed by atoms with van der Waals surface area (Å²) in [6.45, 7) is 8.59. The van der Waals surface area contributed by atoms with Crippen molar-refractivity contribution in [3.8, 4) is 0 Å². The Morgan fingerprint density at radius 2 is 1.70 bits per heavy atom. The van der Waals surface area contributed by atoms with E-state index in [9.17, 15) is 18.8 Å². The van der Waals surface area contributed by atoms with Crippen molar-refractivity contribution in [3.63, 3.8) is 0 Å². The van der Waals surface area contributed by atoms with E-state index in [1.807, 2.05) is 0 Å². The van der Waals surface area contributed by atoms with Crippen molar-refractivity contribution >= 4 is 23.3 Å². The highest BCUT2D eigenvalue weighted by atomic mass is 19.1. The third-order valence-corrected chi connectivity index (χ3v) is 4.12. The van der Waals surface area contributed by atoms with Crippen molar-refractivity contribution in [2.45, 2.75) is 40.2 Å². The summed E-state index contributed by atoms with van der Waals surface area (Å²) >= 11 is 0. The van der Waals surface area contributed by atoms with Gasteiger partial charge < -0.3 is 15.2 Å². The topological polar surface area (TPSA) is 80.2 Å². The first-order valence-corrected chi connectivity index (χ1v) is 8.51. The smallest absolute Gasteiger partial charge is 0.292 e. The first kappa shape index (κ1) is 20.4. The molecule has 0 unspecified atom stereocenters. The first-order valence-electron chi connectivity index (χ1n) is 8.51. The Bertz CT molecular complexity index is 923. The van der Waals surface area contributed by atoms with Crippen LogP contribution in [0.3, 0.4) is 0 Å². The lowest BCUT2D eigenvalue weighted by Gasteiger charge is -2.19. The van der Waals surface area contributed by atoms with Gasteiger partial charge in [0.15, 0.2) is 0 Å². The van der Waals surface area contributed by atoms with Crippen LogP contribution in [0.25, 0.3) is 0 Å². The molecule has 7 heteroatoms. The van der Waals surface area contributed by atoms with Gasteiger partial charge in [0.2, 0.25) is 0 Å². The monoisotopic (exact) mass is 373 g/mol. The maximum Gasteiger partial charge on any atom is 0.292 e. The van der Waals surface area contributed by atoms with Crippen molar-refractivity contribution in [2.75, 3.05) is 5.32 Å². The summed E-state index contributed by atoms with van der Waals surface area (Å²) in [6, 6.07) is 5.64. The molecule has 0 aliphatic rings. The molecular weight excluding hydrogens is 349 g/mol. The predicted molar refractivity (Wildman–Crippen MR) is 101 cm³/mol. The third-order valence-electron chi connectivity index (χ3n) is 4.12. The molecule has 0 saturated carbocycles. The Balaban J connectivity index is 2.27. The Hall–Kier alpha value is -2.96. The SMILES string of the molecule is Cc1cc(NC(=O)c2cc(C(=O)C(=O)NC(C)(C)C)c(C)n2C)ccc1F. The number of halogens is 1. The van der Waals surface area contributed by atoms with E-state index >= 15 is 0 Å². The minimum absolute atomic E-state index is 0.166. The fourth-order valence-corrected chi connectivity index (χ4v) is 2.58. The normalized spacial score (nSPS) is 11.2. The number of hydrogen-bond acceptors (Lipinski definition) is 3. The van der Waals surface area contributed by atoms with E-state index in [2.05, 4.69) is 10.6 Å². The number of carbonyl (C=O) groups is 3. The highest BCUT2D eigenvalue weighted by molar-refractivity contribution is 6.43. The van der Waals surface area contributed by atoms with Crippen LogP contribution in [0.1, 0.15) is 52.9 Å². The molecule has 2 amide bonds. The van der Waals surface area contributed by atoms with Gasteiger partial charge in [-0.2, -0.15) is 0 Å². The van der Waals surface area contributed by atoms with E-state index < -0.39 is 23.1 Å². The highest BCUT2D eigenvalue weighted by Crippen LogP contribution is 2.19. The van der Waals surface area contributed by atoms with Gasteiger partial charge in [-0.25, -0.2) is 4.39 Å². The summed E-state index contributed by atoms with van der Waals surface area (Å²) in [5, 5.41) is 5.30. The largest absolute Gasteiger partial charge is 0.345 e. The first-order chi connectivity index (χ1) is 12.4. The molecule has 2 rings (SSSR count). The van der Waals surface area contributed by atoms with Gasteiger partial charge in [-0.15, -0.1) is 0 Å². The number of nitrogens with one attached hydrogen (secondary N) is 2. The number of hydrogen-bond donors (Lipinski definition) is 2. The molecule has 0 atom stereocenters. The van der Waals surface area contributed by atoms with Crippen molar-refractivity contribution in [3.05, 3.63) is 52.6 Å². The van der Waals surface area contributed by atoms with E-state index in [0.717, 1.165) is 0 Å². The molecule has 2 aromatic rings. The van der Waals surface area contributed by atoms with Gasteiger partial charge in [-0.3, -0.25) is 14.4 Å². The van der Waals surface area contributed by atoms with Crippen molar-refractivity contribution < 1.29 is 18.8 Å². The Morgan fingerprint density at radius 3 is 2.26 bits per heavy atom. The molecule has 0 radical (unpaired) electrons. The Labute approximate surface area is 157 Å². The van der Waals surface area contributed by atoms with Crippen molar-refractivity contribution in [1.82, 2.24) is 9.88 Å². The molecular formula is C20H24FN3O3. The zero-order valence-electron chi connectivity index (χ0n) is 16.4. The third kappa shape index (κ3) is 4.61. The lowest BCUT2D eigenvalue weighted by molar-refractivity contribution is -0.118. The standard InChI is InChI=1S/C20H24FN3O3/c1-11-9-13(7-8-15(11)21)22-18(26)16-10-14(12(2)24(16)6)17(25)19(27)23-20(3,4)5/h7-10H,1-6H3,(H,22,26)(H,23,27). The van der Waals surface area contributed by atoms with Gasteiger partial charge in [0.05, 0.1) is 0 Å². The molecule has 6 nitrogen and oxygen atoms in total. The van der Waals surface area contributed by atoms with Gasteiger partial charge in [0.1, 0.15) is 11.5 Å². The van der Waals surface area contributed by atoms with Crippen molar-refractivity contribution in [1.29, 1.82) is 0 Å². The van der Waals surface area contributed by atoms with Gasteiger partial charge in [0.25, 0.3) is 17.6 Å². The highest BCUT2D eigenvalue weighted by Gasteiger charge is 2.26. The quantitative estimate of drug-likeness (QED) is 0.638. The van der Waals surface area contributed by atoms with Crippen LogP contribution >= 0.6 is 0 Å². The number of rotatable bonds is 4. The van der Waals surface area contributed by atoms with Crippen LogP contribution in [0.15, 0.2) is 24.3 Å². The van der Waals surface area contributed by atoms with Gasteiger partial charge in [-0.1, -0.05) is 0 Å². The Morgan fingerprint density at radius 1 is 1.07 bits per heavy atom. The van der Waals surface area contributed by atoms with Gasteiger partial charge in [-0.05, 0) is 64.4 Å². The van der Waals surface area contributed by atoms with E-state index in [-0.39, 0.29) is 17.1 Å². The molecule has 1 aromatic carbocycles. The number of Topliss-reactive ketones (excluding diaryl/α,β-unsaturated/α-hetero) is 1. The van der Waals surface area contributed by atoms with E-state index in [1.54, 1.807) is 46.2 Å². The number of amides is 2. The Kier molecular flexibility index (Phi) is 5.54. The average molecular weight is 373 g/mol. The maximum atomic E-state index is 13.4. The number of aromatic nitrogens is 1. The molecule has 0 fully saturated rings. The lowest BCUT2D eigenvalue weighted by atomic mass is 10.1. The fourth-order valence-electron chi connectivity index (χ4n) is 2.58. The molecule has 2 N–H and O–H groups in total. The minimum atomic E-state index is -0.725. The average Bonchev–Trinajstić information content (AvgIpc) is 2.84. The van der Waals surface area contributed by atoms with Crippen LogP contribution in [-0.2, 0) is 11.8 Å². The minimum Gasteiger partial charge on any atom is -0.345 e. The summed E-state index contributed by atoms with van der Waals surface area (Å²) < 4.78 is 14.9. The number of ketones is 1. The van der Waals surface area contributed by atoms with Crippen molar-refractivity contribution in [2.24, 2.45) is 7.05 Å². The molecule has 27 heavy (non-hydrogen) atoms. The molecule has 0 bridgehead atoms.